The van der Waals surface area contributed by atoms with Gasteiger partial charge in [0, 0.05) is 12.6 Å². The van der Waals surface area contributed by atoms with E-state index in [-0.39, 0.29) is 16.6 Å². The average molecular weight is 371 g/mol. The van der Waals surface area contributed by atoms with Gasteiger partial charge in [-0.25, -0.2) is 0 Å². The summed E-state index contributed by atoms with van der Waals surface area (Å²) in [7, 11) is 1.47. The van der Waals surface area contributed by atoms with Gasteiger partial charge in [0.15, 0.2) is 11.5 Å². The SMILES string of the molecule is COc1coc(CN2CCCC(C)(Cc3ccc4c(c3)OCO4)C2)cc1=O. The summed E-state index contributed by atoms with van der Waals surface area (Å²) < 4.78 is 21.5. The highest BCUT2D eigenvalue weighted by Crippen LogP contribution is 2.37. The standard InChI is InChI=1S/C21H25NO5/c1-21(10-15-4-5-18-19(8-15)27-14-26-18)6-3-7-22(13-21)11-16-9-17(23)20(24-2)12-25-16/h4-5,8-9,12H,3,6-7,10-11,13-14H2,1-2H3. The van der Waals surface area contributed by atoms with Crippen LogP contribution in [0.5, 0.6) is 17.2 Å². The van der Waals surface area contributed by atoms with Crippen LogP contribution in [0.2, 0.25) is 0 Å². The van der Waals surface area contributed by atoms with Gasteiger partial charge in [-0.2, -0.15) is 0 Å². The number of fused-ring (bicyclic) bond motifs is 1. The van der Waals surface area contributed by atoms with E-state index in [2.05, 4.69) is 24.0 Å². The van der Waals surface area contributed by atoms with Gasteiger partial charge in [-0.15, -0.1) is 0 Å². The summed E-state index contributed by atoms with van der Waals surface area (Å²) in [6, 6.07) is 7.74. The number of hydrogen-bond donors (Lipinski definition) is 0. The molecule has 1 aromatic heterocycles. The second-order valence-electron chi connectivity index (χ2n) is 7.77. The molecule has 27 heavy (non-hydrogen) atoms. The number of rotatable bonds is 5. The molecule has 2 aromatic rings. The fourth-order valence-corrected chi connectivity index (χ4v) is 4.14. The third kappa shape index (κ3) is 3.95. The Hall–Kier alpha value is -2.47. The van der Waals surface area contributed by atoms with E-state index in [1.807, 2.05) is 6.07 Å². The molecule has 0 N–H and O–H groups in total. The van der Waals surface area contributed by atoms with Gasteiger partial charge >= 0.3 is 0 Å². The van der Waals surface area contributed by atoms with Crippen LogP contribution in [0.1, 0.15) is 31.1 Å². The van der Waals surface area contributed by atoms with E-state index >= 15 is 0 Å². The topological polar surface area (TPSA) is 61.1 Å². The molecule has 1 atom stereocenters. The molecule has 0 amide bonds. The van der Waals surface area contributed by atoms with Crippen LogP contribution < -0.4 is 19.6 Å². The lowest BCUT2D eigenvalue weighted by Gasteiger charge is -2.40. The fourth-order valence-electron chi connectivity index (χ4n) is 4.14. The second kappa shape index (κ2) is 7.27. The molecule has 1 fully saturated rings. The molecule has 1 unspecified atom stereocenters. The Labute approximate surface area is 158 Å². The third-order valence-electron chi connectivity index (χ3n) is 5.38. The van der Waals surface area contributed by atoms with Crippen molar-refractivity contribution >= 4 is 0 Å². The zero-order chi connectivity index (χ0) is 18.9. The molecule has 6 heteroatoms. The van der Waals surface area contributed by atoms with Gasteiger partial charge in [0.1, 0.15) is 12.0 Å². The summed E-state index contributed by atoms with van der Waals surface area (Å²) >= 11 is 0. The fraction of sp³-hybridized carbons (Fsp3) is 0.476. The van der Waals surface area contributed by atoms with Gasteiger partial charge in [-0.1, -0.05) is 13.0 Å². The number of hydrogen-bond acceptors (Lipinski definition) is 6. The number of methoxy groups -OCH3 is 1. The molecule has 1 aromatic carbocycles. The molecule has 6 nitrogen and oxygen atoms in total. The number of ether oxygens (including phenoxy) is 3. The van der Waals surface area contributed by atoms with Crippen molar-refractivity contribution in [3.8, 4) is 17.2 Å². The maximum absolute atomic E-state index is 11.9. The number of likely N-dealkylation sites (tertiary alicyclic amines) is 1. The van der Waals surface area contributed by atoms with Gasteiger partial charge in [0.2, 0.25) is 18.0 Å². The van der Waals surface area contributed by atoms with Crippen LogP contribution in [0.25, 0.3) is 0 Å². The van der Waals surface area contributed by atoms with Crippen LogP contribution in [-0.2, 0) is 13.0 Å². The first-order valence-corrected chi connectivity index (χ1v) is 9.31. The Morgan fingerprint density at radius 3 is 2.89 bits per heavy atom. The van der Waals surface area contributed by atoms with E-state index in [4.69, 9.17) is 18.6 Å². The Balaban J connectivity index is 1.43. The highest BCUT2D eigenvalue weighted by atomic mass is 16.7. The highest BCUT2D eigenvalue weighted by molar-refractivity contribution is 5.44. The largest absolute Gasteiger partial charge is 0.490 e. The van der Waals surface area contributed by atoms with Crippen LogP contribution in [0, 0.1) is 5.41 Å². The number of piperidine rings is 1. The molecule has 0 aliphatic carbocycles. The zero-order valence-corrected chi connectivity index (χ0v) is 15.8. The van der Waals surface area contributed by atoms with Crippen LogP contribution in [0.15, 0.2) is 39.7 Å². The van der Waals surface area contributed by atoms with Gasteiger partial charge in [0.05, 0.1) is 13.7 Å². The quantitative estimate of drug-likeness (QED) is 0.804. The summed E-state index contributed by atoms with van der Waals surface area (Å²) in [5.74, 6) is 2.57. The summed E-state index contributed by atoms with van der Waals surface area (Å²) in [6.45, 7) is 5.23. The summed E-state index contributed by atoms with van der Waals surface area (Å²) in [6.07, 6.45) is 4.67. The molecule has 144 valence electrons. The van der Waals surface area contributed by atoms with Crippen molar-refractivity contribution in [2.45, 2.75) is 32.7 Å². The lowest BCUT2D eigenvalue weighted by molar-refractivity contribution is 0.0905. The molecule has 2 aliphatic rings. The molecular weight excluding hydrogens is 346 g/mol. The highest BCUT2D eigenvalue weighted by Gasteiger charge is 2.32. The van der Waals surface area contributed by atoms with E-state index in [0.717, 1.165) is 37.4 Å². The smallest absolute Gasteiger partial charge is 0.231 e. The minimum atomic E-state index is -0.140. The van der Waals surface area contributed by atoms with E-state index in [9.17, 15) is 4.79 Å². The summed E-state index contributed by atoms with van der Waals surface area (Å²) in [5, 5.41) is 0. The summed E-state index contributed by atoms with van der Waals surface area (Å²) in [4.78, 5) is 14.3. The van der Waals surface area contributed by atoms with Gasteiger partial charge in [-0.05, 0) is 48.9 Å². The molecule has 0 spiro atoms. The second-order valence-corrected chi connectivity index (χ2v) is 7.77. The molecule has 1 saturated heterocycles. The summed E-state index contributed by atoms with van der Waals surface area (Å²) in [5.41, 5.74) is 1.29. The molecule has 0 saturated carbocycles. The molecule has 0 radical (unpaired) electrons. The predicted molar refractivity (Wildman–Crippen MR) is 100 cm³/mol. The van der Waals surface area contributed by atoms with E-state index in [1.165, 1.54) is 31.4 Å². The lowest BCUT2D eigenvalue weighted by Crippen LogP contribution is -2.42. The molecule has 3 heterocycles. The number of benzene rings is 1. The van der Waals surface area contributed by atoms with E-state index in [0.29, 0.717) is 19.1 Å². The van der Waals surface area contributed by atoms with Gasteiger partial charge < -0.3 is 18.6 Å². The van der Waals surface area contributed by atoms with Gasteiger partial charge in [0.25, 0.3) is 0 Å². The normalized spacial score (nSPS) is 22.0. The Morgan fingerprint density at radius 1 is 1.22 bits per heavy atom. The Bertz CT molecular complexity index is 877. The van der Waals surface area contributed by atoms with Crippen LogP contribution in [0.3, 0.4) is 0 Å². The van der Waals surface area contributed by atoms with Crippen LogP contribution in [-0.4, -0.2) is 31.9 Å². The van der Waals surface area contributed by atoms with Gasteiger partial charge in [-0.3, -0.25) is 9.69 Å². The van der Waals surface area contributed by atoms with Crippen molar-refractivity contribution in [2.75, 3.05) is 27.0 Å². The maximum Gasteiger partial charge on any atom is 0.231 e. The zero-order valence-electron chi connectivity index (χ0n) is 15.8. The van der Waals surface area contributed by atoms with Crippen molar-refractivity contribution in [2.24, 2.45) is 5.41 Å². The van der Waals surface area contributed by atoms with Crippen molar-refractivity contribution in [1.29, 1.82) is 0 Å². The minimum Gasteiger partial charge on any atom is -0.490 e. The maximum atomic E-state index is 11.9. The monoisotopic (exact) mass is 371 g/mol. The van der Waals surface area contributed by atoms with E-state index in [1.54, 1.807) is 0 Å². The van der Waals surface area contributed by atoms with E-state index < -0.39 is 0 Å². The molecule has 0 bridgehead atoms. The van der Waals surface area contributed by atoms with Crippen LogP contribution in [0.4, 0.5) is 0 Å². The Morgan fingerprint density at radius 2 is 2.07 bits per heavy atom. The predicted octanol–water partition coefficient (Wildman–Crippen LogP) is 3.22. The average Bonchev–Trinajstić information content (AvgIpc) is 3.09. The number of nitrogens with zero attached hydrogens (tertiary/aromatic N) is 1. The first-order chi connectivity index (χ1) is 13.0. The van der Waals surface area contributed by atoms with Crippen molar-refractivity contribution < 1.29 is 18.6 Å². The first kappa shape index (κ1) is 17.9. The van der Waals surface area contributed by atoms with Crippen molar-refractivity contribution in [1.82, 2.24) is 4.90 Å². The van der Waals surface area contributed by atoms with Crippen molar-refractivity contribution in [3.05, 3.63) is 52.1 Å². The first-order valence-electron chi connectivity index (χ1n) is 9.31. The lowest BCUT2D eigenvalue weighted by atomic mass is 9.77. The minimum absolute atomic E-state index is 0.140. The van der Waals surface area contributed by atoms with Crippen molar-refractivity contribution in [3.63, 3.8) is 0 Å². The Kier molecular flexibility index (Phi) is 4.83. The van der Waals surface area contributed by atoms with Crippen LogP contribution >= 0.6 is 0 Å². The molecule has 4 rings (SSSR count). The molecule has 2 aliphatic heterocycles. The third-order valence-corrected chi connectivity index (χ3v) is 5.38. The molecular formula is C21H25NO5.